The number of imide groups is 1. The molecular weight excluding hydrogens is 381 g/mol. The number of unbranched alkanes of at least 4 members (excludes halogenated alkanes) is 1. The Labute approximate surface area is 167 Å². The normalized spacial score (nSPS) is 30.9. The second-order valence-electron chi connectivity index (χ2n) is 7.67. The summed E-state index contributed by atoms with van der Waals surface area (Å²) in [5, 5.41) is 6.10. The Balaban J connectivity index is 1.81. The maximum Gasteiger partial charge on any atom is 0.250 e. The smallest absolute Gasteiger partial charge is 0.250 e. The molecule has 2 fully saturated rings. The van der Waals surface area contributed by atoms with Crippen molar-refractivity contribution in [3.8, 4) is 0 Å². The molecule has 0 aromatic heterocycles. The van der Waals surface area contributed by atoms with E-state index < -0.39 is 23.2 Å². The van der Waals surface area contributed by atoms with Crippen LogP contribution >= 0.6 is 11.8 Å². The van der Waals surface area contributed by atoms with E-state index in [1.165, 1.54) is 23.1 Å². The van der Waals surface area contributed by atoms with Crippen LogP contribution in [0.5, 0.6) is 0 Å². The molecule has 0 radical (unpaired) electrons. The number of fused-ring (bicyclic) bond motifs is 4. The zero-order valence-electron chi connectivity index (χ0n) is 16.0. The molecule has 3 aliphatic rings. The van der Waals surface area contributed by atoms with Crippen molar-refractivity contribution in [1.82, 2.24) is 10.2 Å². The molecule has 0 bridgehead atoms. The lowest BCUT2D eigenvalue weighted by Gasteiger charge is -2.29. The van der Waals surface area contributed by atoms with E-state index in [2.05, 4.69) is 10.6 Å². The molecule has 1 aromatic rings. The van der Waals surface area contributed by atoms with E-state index in [1.54, 1.807) is 11.8 Å². The van der Waals surface area contributed by atoms with Crippen LogP contribution in [0.15, 0.2) is 18.2 Å². The Bertz CT molecular complexity index is 848. The fraction of sp³-hybridized carbons (Fsp3) is 0.550. The van der Waals surface area contributed by atoms with Crippen LogP contribution in [-0.2, 0) is 19.9 Å². The number of carbonyl (C=O) groups excluding carboxylic acids is 3. The van der Waals surface area contributed by atoms with Crippen LogP contribution in [0.2, 0.25) is 0 Å². The maximum atomic E-state index is 14.1. The van der Waals surface area contributed by atoms with E-state index in [-0.39, 0.29) is 23.8 Å². The van der Waals surface area contributed by atoms with Crippen LogP contribution in [-0.4, -0.2) is 47.2 Å². The lowest BCUT2D eigenvalue weighted by Crippen LogP contribution is -2.53. The summed E-state index contributed by atoms with van der Waals surface area (Å²) in [7, 11) is 0. The molecule has 4 rings (SSSR count). The Morgan fingerprint density at radius 1 is 1.25 bits per heavy atom. The van der Waals surface area contributed by atoms with Gasteiger partial charge in [0.2, 0.25) is 17.7 Å². The number of hydrogen-bond donors (Lipinski definition) is 2. The summed E-state index contributed by atoms with van der Waals surface area (Å²) in [6.07, 6.45) is 4.22. The third kappa shape index (κ3) is 2.61. The van der Waals surface area contributed by atoms with Gasteiger partial charge in [-0.05, 0) is 43.0 Å². The number of halogens is 1. The van der Waals surface area contributed by atoms with Crippen LogP contribution < -0.4 is 10.6 Å². The van der Waals surface area contributed by atoms with Crippen molar-refractivity contribution in [2.45, 2.75) is 37.8 Å². The number of amides is 3. The summed E-state index contributed by atoms with van der Waals surface area (Å²) in [4.78, 5) is 40.9. The van der Waals surface area contributed by atoms with Gasteiger partial charge in [0, 0.05) is 23.8 Å². The van der Waals surface area contributed by atoms with Gasteiger partial charge in [0.15, 0.2) is 0 Å². The van der Waals surface area contributed by atoms with Crippen LogP contribution in [0, 0.1) is 17.7 Å². The minimum absolute atomic E-state index is 0.211. The van der Waals surface area contributed by atoms with Crippen molar-refractivity contribution in [3.63, 3.8) is 0 Å². The lowest BCUT2D eigenvalue weighted by atomic mass is 9.76. The van der Waals surface area contributed by atoms with Gasteiger partial charge >= 0.3 is 0 Å². The van der Waals surface area contributed by atoms with E-state index >= 15 is 0 Å². The minimum Gasteiger partial charge on any atom is -0.324 e. The number of likely N-dealkylation sites (tertiary alicyclic amines) is 1. The van der Waals surface area contributed by atoms with Gasteiger partial charge in [0.05, 0.1) is 11.8 Å². The van der Waals surface area contributed by atoms with Crippen LogP contribution in [0.3, 0.4) is 0 Å². The molecule has 8 heteroatoms. The highest BCUT2D eigenvalue weighted by molar-refractivity contribution is 7.98. The monoisotopic (exact) mass is 405 g/mol. The van der Waals surface area contributed by atoms with Gasteiger partial charge in [-0.1, -0.05) is 13.3 Å². The largest absolute Gasteiger partial charge is 0.324 e. The third-order valence-electron chi connectivity index (χ3n) is 6.14. The molecule has 3 heterocycles. The average Bonchev–Trinajstić information content (AvgIpc) is 3.24. The van der Waals surface area contributed by atoms with Crippen molar-refractivity contribution in [3.05, 3.63) is 29.6 Å². The molecule has 6 nitrogen and oxygen atoms in total. The van der Waals surface area contributed by atoms with Crippen molar-refractivity contribution in [1.29, 1.82) is 0 Å². The van der Waals surface area contributed by atoms with Gasteiger partial charge in [-0.2, -0.15) is 11.8 Å². The highest BCUT2D eigenvalue weighted by atomic mass is 32.2. The topological polar surface area (TPSA) is 78.5 Å². The first-order chi connectivity index (χ1) is 13.5. The van der Waals surface area contributed by atoms with Crippen LogP contribution in [0.25, 0.3) is 0 Å². The van der Waals surface area contributed by atoms with Gasteiger partial charge in [-0.25, -0.2) is 4.39 Å². The fourth-order valence-electron chi connectivity index (χ4n) is 4.86. The molecule has 3 aliphatic heterocycles. The number of anilines is 1. The Kier molecular flexibility index (Phi) is 4.95. The van der Waals surface area contributed by atoms with Crippen LogP contribution in [0.4, 0.5) is 10.1 Å². The molecule has 1 spiro atoms. The van der Waals surface area contributed by atoms with E-state index in [1.807, 2.05) is 13.2 Å². The zero-order valence-corrected chi connectivity index (χ0v) is 16.8. The standard InChI is InChI=1S/C20H24FN3O3S/c1-3-4-8-24-17(25)15-14(7-9-28-2)23-20(16(15)18(24)26)12-10-11(21)5-6-13(12)22-19(20)27/h5-6,10,14-16,23H,3-4,7-9H2,1-2H3,(H,22,27)/t14?,15-,16+,20?/m1/s1. The van der Waals surface area contributed by atoms with Gasteiger partial charge in [0.1, 0.15) is 11.4 Å². The third-order valence-corrected chi connectivity index (χ3v) is 6.78. The SMILES string of the molecule is CCCCN1C(=O)[C@@H]2C(CCSC)NC3(C(=O)Nc4ccc(F)cc43)[C@@H]2C1=O. The van der Waals surface area contributed by atoms with Crippen molar-refractivity contribution in [2.24, 2.45) is 11.8 Å². The number of rotatable bonds is 6. The summed E-state index contributed by atoms with van der Waals surface area (Å²) in [5.74, 6) is -2.03. The number of benzene rings is 1. The van der Waals surface area contributed by atoms with E-state index in [4.69, 9.17) is 0 Å². The highest BCUT2D eigenvalue weighted by Crippen LogP contribution is 2.53. The van der Waals surface area contributed by atoms with Gasteiger partial charge < -0.3 is 5.32 Å². The van der Waals surface area contributed by atoms with Gasteiger partial charge in [-0.15, -0.1) is 0 Å². The first-order valence-corrected chi connectivity index (χ1v) is 11.1. The van der Waals surface area contributed by atoms with Crippen molar-refractivity contribution in [2.75, 3.05) is 23.9 Å². The molecular formula is C20H24FN3O3S. The molecule has 0 saturated carbocycles. The number of thioether (sulfide) groups is 1. The number of carbonyl (C=O) groups is 3. The first kappa shape index (κ1) is 19.4. The summed E-state index contributed by atoms with van der Waals surface area (Å²) in [5.41, 5.74) is -0.466. The molecule has 2 saturated heterocycles. The minimum atomic E-state index is -1.39. The number of nitrogens with zero attached hydrogens (tertiary/aromatic N) is 1. The van der Waals surface area contributed by atoms with Gasteiger partial charge in [-0.3, -0.25) is 24.6 Å². The first-order valence-electron chi connectivity index (χ1n) is 9.69. The maximum absolute atomic E-state index is 14.1. The average molecular weight is 405 g/mol. The predicted octanol–water partition coefficient (Wildman–Crippen LogP) is 2.10. The van der Waals surface area contributed by atoms with Crippen molar-refractivity contribution >= 4 is 35.2 Å². The summed E-state index contributed by atoms with van der Waals surface area (Å²) in [6.45, 7) is 2.36. The van der Waals surface area contributed by atoms with E-state index in [9.17, 15) is 18.8 Å². The predicted molar refractivity (Wildman–Crippen MR) is 105 cm³/mol. The van der Waals surface area contributed by atoms with Gasteiger partial charge in [0.25, 0.3) is 0 Å². The Hall–Kier alpha value is -1.93. The number of hydrogen-bond acceptors (Lipinski definition) is 5. The molecule has 0 aliphatic carbocycles. The summed E-state index contributed by atoms with van der Waals surface area (Å²) in [6, 6.07) is 3.80. The Morgan fingerprint density at radius 3 is 2.75 bits per heavy atom. The molecule has 4 atom stereocenters. The second-order valence-corrected chi connectivity index (χ2v) is 8.66. The molecule has 2 N–H and O–H groups in total. The molecule has 28 heavy (non-hydrogen) atoms. The van der Waals surface area contributed by atoms with E-state index in [0.29, 0.717) is 24.2 Å². The quantitative estimate of drug-likeness (QED) is 0.709. The second kappa shape index (κ2) is 7.15. The highest BCUT2D eigenvalue weighted by Gasteiger charge is 2.70. The van der Waals surface area contributed by atoms with Crippen LogP contribution in [0.1, 0.15) is 31.7 Å². The molecule has 1 aromatic carbocycles. The molecule has 3 amide bonds. The number of nitrogens with one attached hydrogen (secondary N) is 2. The van der Waals surface area contributed by atoms with Crippen molar-refractivity contribution < 1.29 is 18.8 Å². The summed E-state index contributed by atoms with van der Waals surface area (Å²) >= 11 is 1.65. The van der Waals surface area contributed by atoms with E-state index in [0.717, 1.165) is 18.6 Å². The molecule has 150 valence electrons. The summed E-state index contributed by atoms with van der Waals surface area (Å²) < 4.78 is 14.1. The Morgan fingerprint density at radius 2 is 2.04 bits per heavy atom. The molecule has 2 unspecified atom stereocenters. The zero-order chi connectivity index (χ0) is 20.1. The fourth-order valence-corrected chi connectivity index (χ4v) is 5.35. The lowest BCUT2D eigenvalue weighted by molar-refractivity contribution is -0.142.